The summed E-state index contributed by atoms with van der Waals surface area (Å²) in [6.45, 7) is 2.57. The van der Waals surface area contributed by atoms with Crippen LogP contribution in [0.1, 0.15) is 29.7 Å². The van der Waals surface area contributed by atoms with Crippen molar-refractivity contribution in [2.75, 3.05) is 7.05 Å². The highest BCUT2D eigenvalue weighted by molar-refractivity contribution is 5.34. The van der Waals surface area contributed by atoms with Crippen molar-refractivity contribution >= 4 is 0 Å². The fourth-order valence-electron chi connectivity index (χ4n) is 2.17. The summed E-state index contributed by atoms with van der Waals surface area (Å²) in [5.74, 6) is -1.27. The SMILES string of the molecule is CCn1cc(C(NC)c2ccc(F)c(C(F)(F)F)c2)cn1. The average molecular weight is 301 g/mol. The van der Waals surface area contributed by atoms with Crippen molar-refractivity contribution in [3.8, 4) is 0 Å². The van der Waals surface area contributed by atoms with Gasteiger partial charge >= 0.3 is 6.18 Å². The maximum Gasteiger partial charge on any atom is 0.419 e. The van der Waals surface area contributed by atoms with E-state index in [0.29, 0.717) is 12.1 Å². The Hall–Kier alpha value is -1.89. The Morgan fingerprint density at radius 2 is 2.00 bits per heavy atom. The Balaban J connectivity index is 2.43. The smallest absolute Gasteiger partial charge is 0.309 e. The van der Waals surface area contributed by atoms with Gasteiger partial charge in [0.1, 0.15) is 5.82 Å². The van der Waals surface area contributed by atoms with E-state index in [4.69, 9.17) is 0 Å². The zero-order valence-electron chi connectivity index (χ0n) is 11.6. The number of aromatic nitrogens is 2. The number of rotatable bonds is 4. The molecule has 3 nitrogen and oxygen atoms in total. The van der Waals surface area contributed by atoms with Crippen molar-refractivity contribution in [2.45, 2.75) is 25.7 Å². The highest BCUT2D eigenvalue weighted by atomic mass is 19.4. The zero-order chi connectivity index (χ0) is 15.6. The lowest BCUT2D eigenvalue weighted by Gasteiger charge is -2.17. The molecule has 2 aromatic rings. The molecule has 1 unspecified atom stereocenters. The molecule has 0 amide bonds. The molecule has 0 radical (unpaired) electrons. The molecule has 1 aromatic heterocycles. The Bertz CT molecular complexity index is 619. The quantitative estimate of drug-likeness (QED) is 0.878. The molecule has 0 aliphatic heterocycles. The van der Waals surface area contributed by atoms with Crippen LogP contribution >= 0.6 is 0 Å². The van der Waals surface area contributed by atoms with Gasteiger partial charge in [0, 0.05) is 18.3 Å². The maximum absolute atomic E-state index is 13.3. The second kappa shape index (κ2) is 5.85. The van der Waals surface area contributed by atoms with Gasteiger partial charge in [-0.15, -0.1) is 0 Å². The van der Waals surface area contributed by atoms with Crippen molar-refractivity contribution in [3.05, 3.63) is 53.1 Å². The van der Waals surface area contributed by atoms with Crippen LogP contribution in [-0.4, -0.2) is 16.8 Å². The first-order chi connectivity index (χ1) is 9.86. The standard InChI is InChI=1S/C14H15F4N3/c1-3-21-8-10(7-20-21)13(19-2)9-4-5-12(15)11(6-9)14(16,17)18/h4-8,13,19H,3H2,1-2H3. The molecule has 1 aromatic carbocycles. The predicted molar refractivity (Wildman–Crippen MR) is 70.2 cm³/mol. The summed E-state index contributed by atoms with van der Waals surface area (Å²) in [6, 6.07) is 2.54. The van der Waals surface area contributed by atoms with Crippen molar-refractivity contribution in [1.29, 1.82) is 0 Å². The van der Waals surface area contributed by atoms with E-state index in [0.717, 1.165) is 17.7 Å². The van der Waals surface area contributed by atoms with Crippen LogP contribution in [0.25, 0.3) is 0 Å². The number of hydrogen-bond donors (Lipinski definition) is 1. The first kappa shape index (κ1) is 15.5. The van der Waals surface area contributed by atoms with Gasteiger partial charge in [-0.05, 0) is 31.7 Å². The highest BCUT2D eigenvalue weighted by Crippen LogP contribution is 2.34. The summed E-state index contributed by atoms with van der Waals surface area (Å²) >= 11 is 0. The van der Waals surface area contributed by atoms with Gasteiger partial charge in [-0.2, -0.15) is 18.3 Å². The molecule has 21 heavy (non-hydrogen) atoms. The number of benzene rings is 1. The largest absolute Gasteiger partial charge is 0.419 e. The number of hydrogen-bond acceptors (Lipinski definition) is 2. The molecule has 0 saturated carbocycles. The second-order valence-electron chi connectivity index (χ2n) is 4.59. The van der Waals surface area contributed by atoms with Crippen molar-refractivity contribution in [2.24, 2.45) is 0 Å². The van der Waals surface area contributed by atoms with Crippen molar-refractivity contribution in [3.63, 3.8) is 0 Å². The van der Waals surface area contributed by atoms with Crippen LogP contribution in [0.5, 0.6) is 0 Å². The molecule has 0 aliphatic rings. The summed E-state index contributed by atoms with van der Waals surface area (Å²) in [6.07, 6.45) is -1.38. The van der Waals surface area contributed by atoms with E-state index in [1.54, 1.807) is 24.1 Å². The van der Waals surface area contributed by atoms with Gasteiger partial charge in [-0.3, -0.25) is 4.68 Å². The third-order valence-corrected chi connectivity index (χ3v) is 3.23. The minimum absolute atomic E-state index is 0.335. The second-order valence-corrected chi connectivity index (χ2v) is 4.59. The summed E-state index contributed by atoms with van der Waals surface area (Å²) < 4.78 is 53.4. The van der Waals surface area contributed by atoms with Crippen LogP contribution < -0.4 is 5.32 Å². The third-order valence-electron chi connectivity index (χ3n) is 3.23. The van der Waals surface area contributed by atoms with Crippen LogP contribution in [0, 0.1) is 5.82 Å². The molecule has 1 atom stereocenters. The number of alkyl halides is 3. The van der Waals surface area contributed by atoms with E-state index in [1.807, 2.05) is 6.92 Å². The Morgan fingerprint density at radius 3 is 2.52 bits per heavy atom. The van der Waals surface area contributed by atoms with Gasteiger partial charge in [0.25, 0.3) is 0 Å². The average Bonchev–Trinajstić information content (AvgIpc) is 2.89. The molecule has 0 spiro atoms. The lowest BCUT2D eigenvalue weighted by Crippen LogP contribution is -2.19. The van der Waals surface area contributed by atoms with Gasteiger partial charge in [-0.1, -0.05) is 6.07 Å². The highest BCUT2D eigenvalue weighted by Gasteiger charge is 2.34. The molecule has 7 heteroatoms. The van der Waals surface area contributed by atoms with Gasteiger partial charge in [0.15, 0.2) is 0 Å². The van der Waals surface area contributed by atoms with E-state index < -0.39 is 23.6 Å². The summed E-state index contributed by atoms with van der Waals surface area (Å²) in [5.41, 5.74) is -0.205. The number of nitrogens with one attached hydrogen (secondary N) is 1. The van der Waals surface area contributed by atoms with E-state index in [2.05, 4.69) is 10.4 Å². The topological polar surface area (TPSA) is 29.9 Å². The van der Waals surface area contributed by atoms with E-state index in [-0.39, 0.29) is 0 Å². The maximum atomic E-state index is 13.3. The monoisotopic (exact) mass is 301 g/mol. The van der Waals surface area contributed by atoms with Crippen LogP contribution in [-0.2, 0) is 12.7 Å². The third kappa shape index (κ3) is 3.24. The normalized spacial score (nSPS) is 13.4. The van der Waals surface area contributed by atoms with E-state index in [1.165, 1.54) is 6.07 Å². The molecule has 114 valence electrons. The van der Waals surface area contributed by atoms with Gasteiger partial charge < -0.3 is 5.32 Å². The molecule has 0 fully saturated rings. The molecule has 0 aliphatic carbocycles. The Morgan fingerprint density at radius 1 is 1.29 bits per heavy atom. The van der Waals surface area contributed by atoms with Gasteiger partial charge in [0.05, 0.1) is 17.8 Å². The number of nitrogens with zero attached hydrogens (tertiary/aromatic N) is 2. The van der Waals surface area contributed by atoms with Crippen LogP contribution in [0.2, 0.25) is 0 Å². The van der Waals surface area contributed by atoms with E-state index >= 15 is 0 Å². The molecule has 1 heterocycles. The fourth-order valence-corrected chi connectivity index (χ4v) is 2.17. The molecule has 2 rings (SSSR count). The minimum Gasteiger partial charge on any atom is -0.309 e. The number of aryl methyl sites for hydroxylation is 1. The van der Waals surface area contributed by atoms with Crippen LogP contribution in [0.3, 0.4) is 0 Å². The minimum atomic E-state index is -4.72. The lowest BCUT2D eigenvalue weighted by atomic mass is 9.99. The molecule has 0 bridgehead atoms. The summed E-state index contributed by atoms with van der Waals surface area (Å²) in [5, 5.41) is 7.03. The van der Waals surface area contributed by atoms with Crippen molar-refractivity contribution < 1.29 is 17.6 Å². The predicted octanol–water partition coefficient (Wildman–Crippen LogP) is 3.37. The van der Waals surface area contributed by atoms with Gasteiger partial charge in [0.2, 0.25) is 0 Å². The fraction of sp³-hybridized carbons (Fsp3) is 0.357. The first-order valence-corrected chi connectivity index (χ1v) is 6.43. The zero-order valence-corrected chi connectivity index (χ0v) is 11.6. The Kier molecular flexibility index (Phi) is 4.32. The lowest BCUT2D eigenvalue weighted by molar-refractivity contribution is -0.140. The van der Waals surface area contributed by atoms with Crippen molar-refractivity contribution in [1.82, 2.24) is 15.1 Å². The summed E-state index contributed by atoms with van der Waals surface area (Å²) in [4.78, 5) is 0. The summed E-state index contributed by atoms with van der Waals surface area (Å²) in [7, 11) is 1.63. The molecule has 0 saturated heterocycles. The molecular formula is C14H15F4N3. The van der Waals surface area contributed by atoms with E-state index in [9.17, 15) is 17.6 Å². The van der Waals surface area contributed by atoms with Crippen LogP contribution in [0.15, 0.2) is 30.6 Å². The number of halogens is 4. The first-order valence-electron chi connectivity index (χ1n) is 6.43. The van der Waals surface area contributed by atoms with Crippen LogP contribution in [0.4, 0.5) is 17.6 Å². The Labute approximate surface area is 119 Å². The molecule has 1 N–H and O–H groups in total. The van der Waals surface area contributed by atoms with Gasteiger partial charge in [-0.25, -0.2) is 4.39 Å². The molecular weight excluding hydrogens is 286 g/mol.